The van der Waals surface area contributed by atoms with Gasteiger partial charge in [0.15, 0.2) is 23.7 Å². The highest BCUT2D eigenvalue weighted by atomic mass is 16.7. The van der Waals surface area contributed by atoms with Crippen LogP contribution in [0.15, 0.2) is 91.0 Å². The van der Waals surface area contributed by atoms with E-state index in [9.17, 15) is 34.5 Å². The van der Waals surface area contributed by atoms with E-state index in [1.165, 1.54) is 78.9 Å². The van der Waals surface area contributed by atoms with E-state index in [0.717, 1.165) is 12.1 Å². The number of phenolic OH excluding ortho intramolecular Hbond substituents is 3. The molecule has 0 aliphatic carbocycles. The Morgan fingerprint density at radius 1 is 0.511 bits per heavy atom. The fourth-order valence-corrected chi connectivity index (χ4v) is 4.94. The summed E-state index contributed by atoms with van der Waals surface area (Å²) in [7, 11) is 0. The molecule has 0 bridgehead atoms. The van der Waals surface area contributed by atoms with Gasteiger partial charge in [-0.3, -0.25) is 0 Å². The van der Waals surface area contributed by atoms with Gasteiger partial charge in [-0.25, -0.2) is 19.2 Å². The Kier molecular flexibility index (Phi) is 8.73. The van der Waals surface area contributed by atoms with Gasteiger partial charge in [-0.05, 0) is 91.0 Å². The summed E-state index contributed by atoms with van der Waals surface area (Å²) in [6.45, 7) is 0.0434. The quantitative estimate of drug-likeness (QED) is 0.143. The maximum Gasteiger partial charge on any atom is 0.343 e. The normalized spacial score (nSPS) is 19.7. The Bertz CT molecular complexity index is 1800. The number of carbonyl (C=O) groups is 4. The number of carbonyl (C=O) groups excluding carboxylic acids is 4. The fourth-order valence-electron chi connectivity index (χ4n) is 4.94. The van der Waals surface area contributed by atoms with Crippen LogP contribution in [-0.4, -0.2) is 76.8 Å². The molecule has 2 heterocycles. The molecule has 0 saturated carbocycles. The summed E-state index contributed by atoms with van der Waals surface area (Å²) in [5.74, 6) is -3.21. The second-order valence-corrected chi connectivity index (χ2v) is 10.6. The number of phenols is 3. The number of fused-ring (bicyclic) bond motifs is 1. The first-order valence-corrected chi connectivity index (χ1v) is 14.3. The van der Waals surface area contributed by atoms with E-state index in [1.54, 1.807) is 0 Å². The zero-order chi connectivity index (χ0) is 33.1. The molecule has 0 amide bonds. The Labute approximate surface area is 266 Å². The predicted molar refractivity (Wildman–Crippen MR) is 159 cm³/mol. The standard InChI is InChI=1S/C34H26O13/c35-22-8-1-18(2-9-22)31(38)44-23-10-3-19(4-11-23)32(39)46-27-16-42-30-28(17-43-29(27)30)47-33(40)20-5-12-24(13-6-20)45-34(41)21-7-14-25(36)26(37)15-21/h1-15,27-30,35-37H,16-17H2/t27-,28+,29-,30-/m1/s1. The fraction of sp³-hybridized carbons (Fsp3) is 0.176. The third kappa shape index (κ3) is 7.01. The molecule has 4 aromatic rings. The molecule has 0 spiro atoms. The van der Waals surface area contributed by atoms with Gasteiger partial charge >= 0.3 is 23.9 Å². The maximum absolute atomic E-state index is 12.8. The minimum absolute atomic E-state index is 0.0171. The average molecular weight is 643 g/mol. The number of hydrogen-bond acceptors (Lipinski definition) is 13. The minimum atomic E-state index is -0.775. The molecule has 0 radical (unpaired) electrons. The van der Waals surface area contributed by atoms with Gasteiger partial charge in [0.1, 0.15) is 29.5 Å². The Balaban J connectivity index is 0.987. The van der Waals surface area contributed by atoms with Crippen molar-refractivity contribution in [2.45, 2.75) is 24.4 Å². The summed E-state index contributed by atoms with van der Waals surface area (Å²) in [5.41, 5.74) is 0.639. The SMILES string of the molecule is O=C(Oc1ccc(C(=O)O[C@@H]2CO[C@H]3[C@@H]2OC[C@@H]3OC(=O)c2ccc(OC(=O)c3ccc(O)c(O)c3)cc2)cc1)c1ccc(O)cc1. The van der Waals surface area contributed by atoms with Gasteiger partial charge in [-0.1, -0.05) is 0 Å². The first-order valence-electron chi connectivity index (χ1n) is 14.3. The van der Waals surface area contributed by atoms with E-state index in [-0.39, 0.29) is 58.5 Å². The highest BCUT2D eigenvalue weighted by Gasteiger charge is 2.51. The van der Waals surface area contributed by atoms with Gasteiger partial charge < -0.3 is 43.7 Å². The van der Waals surface area contributed by atoms with Crippen molar-refractivity contribution in [2.75, 3.05) is 13.2 Å². The number of rotatable bonds is 8. The maximum atomic E-state index is 12.8. The van der Waals surface area contributed by atoms with Crippen LogP contribution in [0.2, 0.25) is 0 Å². The number of esters is 4. The molecule has 0 unspecified atom stereocenters. The van der Waals surface area contributed by atoms with Crippen molar-refractivity contribution in [1.29, 1.82) is 0 Å². The third-order valence-electron chi connectivity index (χ3n) is 7.39. The summed E-state index contributed by atoms with van der Waals surface area (Å²) >= 11 is 0. The van der Waals surface area contributed by atoms with Crippen LogP contribution in [0.5, 0.6) is 28.7 Å². The summed E-state index contributed by atoms with van der Waals surface area (Å²) < 4.78 is 33.3. The Morgan fingerprint density at radius 3 is 1.38 bits per heavy atom. The van der Waals surface area contributed by atoms with Crippen LogP contribution < -0.4 is 9.47 Å². The second kappa shape index (κ2) is 13.2. The molecule has 3 N–H and O–H groups in total. The van der Waals surface area contributed by atoms with Crippen LogP contribution in [0.3, 0.4) is 0 Å². The molecule has 13 nitrogen and oxygen atoms in total. The van der Waals surface area contributed by atoms with E-state index in [1.807, 2.05) is 0 Å². The van der Waals surface area contributed by atoms with Crippen LogP contribution in [0.4, 0.5) is 0 Å². The lowest BCUT2D eigenvalue weighted by Gasteiger charge is -2.17. The van der Waals surface area contributed by atoms with Crippen LogP contribution >= 0.6 is 0 Å². The molecule has 47 heavy (non-hydrogen) atoms. The lowest BCUT2D eigenvalue weighted by Crippen LogP contribution is -2.36. The molecule has 0 aromatic heterocycles. The van der Waals surface area contributed by atoms with E-state index in [0.29, 0.717) is 0 Å². The van der Waals surface area contributed by atoms with E-state index in [4.69, 9.17) is 28.4 Å². The van der Waals surface area contributed by atoms with Gasteiger partial charge in [0.2, 0.25) is 0 Å². The highest BCUT2D eigenvalue weighted by Crippen LogP contribution is 2.32. The number of ether oxygens (including phenoxy) is 6. The zero-order valence-corrected chi connectivity index (χ0v) is 24.3. The molecule has 2 aliphatic rings. The summed E-state index contributed by atoms with van der Waals surface area (Å²) in [4.78, 5) is 50.2. The molecular formula is C34H26O13. The molecule has 240 valence electrons. The summed E-state index contributed by atoms with van der Waals surface area (Å²) in [5, 5.41) is 28.4. The molecule has 2 aliphatic heterocycles. The topological polar surface area (TPSA) is 184 Å². The predicted octanol–water partition coefficient (Wildman–Crippen LogP) is 3.79. The summed E-state index contributed by atoms with van der Waals surface area (Å²) in [6.07, 6.45) is -2.85. The van der Waals surface area contributed by atoms with Crippen molar-refractivity contribution < 1.29 is 62.9 Å². The molecule has 4 atom stereocenters. The van der Waals surface area contributed by atoms with Gasteiger partial charge in [-0.15, -0.1) is 0 Å². The molecule has 6 rings (SSSR count). The van der Waals surface area contributed by atoms with Crippen LogP contribution in [0.25, 0.3) is 0 Å². The first-order chi connectivity index (χ1) is 22.6. The van der Waals surface area contributed by atoms with Crippen molar-refractivity contribution in [2.24, 2.45) is 0 Å². The van der Waals surface area contributed by atoms with Gasteiger partial charge in [-0.2, -0.15) is 0 Å². The molecule has 2 fully saturated rings. The molecule has 13 heteroatoms. The molecule has 4 aromatic carbocycles. The van der Waals surface area contributed by atoms with Crippen molar-refractivity contribution in [1.82, 2.24) is 0 Å². The lowest BCUT2D eigenvalue weighted by atomic mass is 10.1. The summed E-state index contributed by atoms with van der Waals surface area (Å²) in [6, 6.07) is 20.5. The smallest absolute Gasteiger partial charge is 0.343 e. The monoisotopic (exact) mass is 642 g/mol. The van der Waals surface area contributed by atoms with Crippen molar-refractivity contribution in [3.05, 3.63) is 113 Å². The van der Waals surface area contributed by atoms with E-state index < -0.39 is 54.0 Å². The lowest BCUT2D eigenvalue weighted by molar-refractivity contribution is -0.0287. The Morgan fingerprint density at radius 2 is 0.915 bits per heavy atom. The number of benzene rings is 4. The zero-order valence-electron chi connectivity index (χ0n) is 24.3. The highest BCUT2D eigenvalue weighted by molar-refractivity contribution is 5.93. The van der Waals surface area contributed by atoms with Gasteiger partial charge in [0.25, 0.3) is 0 Å². The first kappa shape index (κ1) is 31.1. The van der Waals surface area contributed by atoms with Crippen LogP contribution in [-0.2, 0) is 18.9 Å². The molecule has 2 saturated heterocycles. The van der Waals surface area contributed by atoms with Crippen LogP contribution in [0, 0.1) is 0 Å². The third-order valence-corrected chi connectivity index (χ3v) is 7.39. The van der Waals surface area contributed by atoms with Gasteiger partial charge in [0, 0.05) is 0 Å². The van der Waals surface area contributed by atoms with E-state index in [2.05, 4.69) is 0 Å². The Hall–Kier alpha value is -5.92. The van der Waals surface area contributed by atoms with Crippen molar-refractivity contribution >= 4 is 23.9 Å². The number of hydrogen-bond donors (Lipinski definition) is 3. The minimum Gasteiger partial charge on any atom is -0.508 e. The van der Waals surface area contributed by atoms with Gasteiger partial charge in [0.05, 0.1) is 35.5 Å². The molecular weight excluding hydrogens is 616 g/mol. The van der Waals surface area contributed by atoms with E-state index >= 15 is 0 Å². The van der Waals surface area contributed by atoms with Crippen molar-refractivity contribution in [3.8, 4) is 28.7 Å². The average Bonchev–Trinajstić information content (AvgIpc) is 3.66. The van der Waals surface area contributed by atoms with Crippen molar-refractivity contribution in [3.63, 3.8) is 0 Å². The largest absolute Gasteiger partial charge is 0.508 e. The second-order valence-electron chi connectivity index (χ2n) is 10.6. The number of aromatic hydroxyl groups is 3. The van der Waals surface area contributed by atoms with Crippen LogP contribution in [0.1, 0.15) is 41.4 Å².